The van der Waals surface area contributed by atoms with Crippen molar-refractivity contribution in [1.29, 1.82) is 0 Å². The molecule has 0 aliphatic heterocycles. The fraction of sp³-hybridized carbons (Fsp3) is 0.533. The van der Waals surface area contributed by atoms with Crippen LogP contribution >= 0.6 is 0 Å². The molecule has 1 unspecified atom stereocenters. The van der Waals surface area contributed by atoms with Crippen LogP contribution in [-0.2, 0) is 11.2 Å². The molecule has 4 nitrogen and oxygen atoms in total. The fourth-order valence-corrected chi connectivity index (χ4v) is 2.13. The number of hydrogen-bond donors (Lipinski definition) is 2. The Bertz CT molecular complexity index is 440. The number of methoxy groups -OCH3 is 1. The number of rotatable bonds is 7. The Morgan fingerprint density at radius 2 is 2.05 bits per heavy atom. The maximum absolute atomic E-state index is 11.6. The summed E-state index contributed by atoms with van der Waals surface area (Å²) >= 11 is 0. The van der Waals surface area contributed by atoms with E-state index in [0.717, 1.165) is 25.0 Å². The number of nitrogens with two attached hydrogens (primary N) is 1. The number of hydrogen-bond acceptors (Lipinski definition) is 3. The lowest BCUT2D eigenvalue weighted by molar-refractivity contribution is -0.124. The van der Waals surface area contributed by atoms with E-state index in [2.05, 4.69) is 5.32 Å². The van der Waals surface area contributed by atoms with Gasteiger partial charge in [0.05, 0.1) is 12.6 Å². The van der Waals surface area contributed by atoms with E-state index in [0.29, 0.717) is 12.5 Å². The van der Waals surface area contributed by atoms with E-state index in [1.165, 1.54) is 5.56 Å². The highest BCUT2D eigenvalue weighted by Crippen LogP contribution is 2.25. The van der Waals surface area contributed by atoms with Gasteiger partial charge in [0.25, 0.3) is 0 Å². The highest BCUT2D eigenvalue weighted by atomic mass is 16.5. The number of nitrogens with one attached hydrogen (secondary N) is 1. The first-order valence-electron chi connectivity index (χ1n) is 6.74. The summed E-state index contributed by atoms with van der Waals surface area (Å²) in [4.78, 5) is 11.6. The zero-order valence-electron chi connectivity index (χ0n) is 11.6. The minimum Gasteiger partial charge on any atom is -0.497 e. The lowest BCUT2D eigenvalue weighted by Crippen LogP contribution is -2.54. The first-order chi connectivity index (χ1) is 9.03. The van der Waals surface area contributed by atoms with E-state index < -0.39 is 5.54 Å². The van der Waals surface area contributed by atoms with E-state index in [-0.39, 0.29) is 5.91 Å². The predicted octanol–water partition coefficient (Wildman–Crippen LogP) is 1.62. The summed E-state index contributed by atoms with van der Waals surface area (Å²) in [6.07, 6.45) is 3.82. The minimum absolute atomic E-state index is 0.270. The fourth-order valence-electron chi connectivity index (χ4n) is 2.13. The number of carbonyl (C=O) groups is 1. The van der Waals surface area contributed by atoms with Gasteiger partial charge in [-0.3, -0.25) is 4.79 Å². The van der Waals surface area contributed by atoms with Crippen LogP contribution in [0, 0.1) is 0 Å². The van der Waals surface area contributed by atoms with Crippen molar-refractivity contribution in [3.8, 4) is 5.75 Å². The van der Waals surface area contributed by atoms with Gasteiger partial charge in [-0.05, 0) is 50.3 Å². The Balaban J connectivity index is 1.95. The molecule has 1 fully saturated rings. The summed E-state index contributed by atoms with van der Waals surface area (Å²) in [6.45, 7) is 1.90. The van der Waals surface area contributed by atoms with Crippen LogP contribution in [0.2, 0.25) is 0 Å². The summed E-state index contributed by atoms with van der Waals surface area (Å²) in [7, 11) is 1.65. The van der Waals surface area contributed by atoms with Gasteiger partial charge >= 0.3 is 0 Å². The van der Waals surface area contributed by atoms with Crippen LogP contribution in [0.5, 0.6) is 5.75 Å². The van der Waals surface area contributed by atoms with Gasteiger partial charge in [0.15, 0.2) is 0 Å². The zero-order chi connectivity index (χ0) is 13.9. The van der Waals surface area contributed by atoms with Crippen molar-refractivity contribution in [3.05, 3.63) is 29.8 Å². The third-order valence-corrected chi connectivity index (χ3v) is 3.72. The molecule has 1 saturated carbocycles. The smallest absolute Gasteiger partial charge is 0.237 e. The van der Waals surface area contributed by atoms with Gasteiger partial charge in [-0.15, -0.1) is 0 Å². The highest BCUT2D eigenvalue weighted by Gasteiger charge is 2.36. The second kappa shape index (κ2) is 5.61. The molecule has 0 radical (unpaired) electrons. The normalized spacial score (nSPS) is 17.8. The number of ether oxygens (including phenoxy) is 1. The predicted molar refractivity (Wildman–Crippen MR) is 75.1 cm³/mol. The van der Waals surface area contributed by atoms with Gasteiger partial charge in [-0.25, -0.2) is 0 Å². The summed E-state index contributed by atoms with van der Waals surface area (Å²) < 4.78 is 5.13. The Kier molecular flexibility index (Phi) is 4.10. The third-order valence-electron chi connectivity index (χ3n) is 3.72. The number of carbonyl (C=O) groups excluding carboxylic acids is 1. The average molecular weight is 262 g/mol. The van der Waals surface area contributed by atoms with Crippen LogP contribution in [0.4, 0.5) is 0 Å². The molecule has 1 aliphatic rings. The van der Waals surface area contributed by atoms with Crippen LogP contribution in [0.1, 0.15) is 31.7 Å². The van der Waals surface area contributed by atoms with E-state index >= 15 is 0 Å². The second-order valence-electron chi connectivity index (χ2n) is 5.46. The van der Waals surface area contributed by atoms with E-state index in [9.17, 15) is 4.79 Å². The quantitative estimate of drug-likeness (QED) is 0.785. The molecule has 0 aromatic heterocycles. The van der Waals surface area contributed by atoms with Crippen LogP contribution in [-0.4, -0.2) is 24.6 Å². The van der Waals surface area contributed by atoms with E-state index in [1.54, 1.807) is 7.11 Å². The van der Waals surface area contributed by atoms with Gasteiger partial charge in [0.2, 0.25) is 5.91 Å². The van der Waals surface area contributed by atoms with Crippen molar-refractivity contribution in [3.63, 3.8) is 0 Å². The molecule has 19 heavy (non-hydrogen) atoms. The summed E-state index contributed by atoms with van der Waals surface area (Å²) in [5, 5.41) is 3.36. The first-order valence-corrected chi connectivity index (χ1v) is 6.74. The molecule has 0 bridgehead atoms. The Morgan fingerprint density at radius 1 is 1.42 bits per heavy atom. The van der Waals surface area contributed by atoms with Gasteiger partial charge in [-0.2, -0.15) is 0 Å². The van der Waals surface area contributed by atoms with Gasteiger partial charge in [0, 0.05) is 6.04 Å². The molecule has 0 spiro atoms. The zero-order valence-corrected chi connectivity index (χ0v) is 11.6. The molecular formula is C15H22N2O2. The molecule has 104 valence electrons. The number of primary amides is 1. The van der Waals surface area contributed by atoms with Crippen LogP contribution < -0.4 is 15.8 Å². The molecule has 1 aromatic rings. The second-order valence-corrected chi connectivity index (χ2v) is 5.46. The van der Waals surface area contributed by atoms with Crippen molar-refractivity contribution >= 4 is 5.91 Å². The van der Waals surface area contributed by atoms with E-state index in [1.807, 2.05) is 31.2 Å². The molecule has 4 heteroatoms. The monoisotopic (exact) mass is 262 g/mol. The summed E-state index contributed by atoms with van der Waals surface area (Å²) in [6, 6.07) is 8.39. The molecule has 0 heterocycles. The van der Waals surface area contributed by atoms with Gasteiger partial charge in [-0.1, -0.05) is 12.1 Å². The number of amides is 1. The molecule has 1 aliphatic carbocycles. The van der Waals surface area contributed by atoms with Crippen molar-refractivity contribution in [2.24, 2.45) is 5.73 Å². The van der Waals surface area contributed by atoms with Crippen LogP contribution in [0.25, 0.3) is 0 Å². The third kappa shape index (κ3) is 3.70. The Morgan fingerprint density at radius 3 is 2.53 bits per heavy atom. The first kappa shape index (κ1) is 13.9. The molecule has 0 saturated heterocycles. The molecule has 1 amide bonds. The largest absolute Gasteiger partial charge is 0.497 e. The molecular weight excluding hydrogens is 240 g/mol. The lowest BCUT2D eigenvalue weighted by Gasteiger charge is -2.27. The maximum Gasteiger partial charge on any atom is 0.237 e. The Hall–Kier alpha value is -1.55. The SMILES string of the molecule is COc1ccc(CCC(C)(NC2CC2)C(N)=O)cc1. The van der Waals surface area contributed by atoms with Crippen molar-refractivity contribution in [1.82, 2.24) is 5.32 Å². The molecule has 3 N–H and O–H groups in total. The summed E-state index contributed by atoms with van der Waals surface area (Å²) in [5.41, 5.74) is 6.11. The van der Waals surface area contributed by atoms with Crippen LogP contribution in [0.3, 0.4) is 0 Å². The highest BCUT2D eigenvalue weighted by molar-refractivity contribution is 5.84. The maximum atomic E-state index is 11.6. The molecule has 1 atom stereocenters. The standard InChI is InChI=1S/C15H22N2O2/c1-15(14(16)18,17-12-5-6-12)10-9-11-3-7-13(19-2)8-4-11/h3-4,7-8,12,17H,5-6,9-10H2,1-2H3,(H2,16,18). The van der Waals surface area contributed by atoms with Crippen molar-refractivity contribution < 1.29 is 9.53 Å². The van der Waals surface area contributed by atoms with Gasteiger partial charge in [0.1, 0.15) is 5.75 Å². The van der Waals surface area contributed by atoms with Gasteiger partial charge < -0.3 is 15.8 Å². The lowest BCUT2D eigenvalue weighted by atomic mass is 9.92. The van der Waals surface area contributed by atoms with E-state index in [4.69, 9.17) is 10.5 Å². The minimum atomic E-state index is -0.610. The average Bonchev–Trinajstić information content (AvgIpc) is 3.20. The van der Waals surface area contributed by atoms with Crippen molar-refractivity contribution in [2.75, 3.05) is 7.11 Å². The molecule has 1 aromatic carbocycles. The summed E-state index contributed by atoms with van der Waals surface area (Å²) in [5.74, 6) is 0.574. The Labute approximate surface area is 114 Å². The van der Waals surface area contributed by atoms with Crippen LogP contribution in [0.15, 0.2) is 24.3 Å². The molecule has 2 rings (SSSR count). The number of benzene rings is 1. The number of aryl methyl sites for hydroxylation is 1. The van der Waals surface area contributed by atoms with Crippen molar-refractivity contribution in [2.45, 2.75) is 44.2 Å². The topological polar surface area (TPSA) is 64.3 Å².